The van der Waals surface area contributed by atoms with Crippen molar-refractivity contribution in [2.24, 2.45) is 0 Å². The maximum absolute atomic E-state index is 9.32. The molecular formula is C14H25N3. The van der Waals surface area contributed by atoms with Crippen LogP contribution in [0.15, 0.2) is 0 Å². The van der Waals surface area contributed by atoms with Crippen LogP contribution in [0.5, 0.6) is 0 Å². The third-order valence-electron chi connectivity index (χ3n) is 3.97. The van der Waals surface area contributed by atoms with E-state index in [4.69, 9.17) is 0 Å². The van der Waals surface area contributed by atoms with Gasteiger partial charge in [-0.05, 0) is 52.1 Å². The van der Waals surface area contributed by atoms with Gasteiger partial charge in [0.2, 0.25) is 0 Å². The number of nitriles is 1. The minimum absolute atomic E-state index is 0.312. The van der Waals surface area contributed by atoms with Gasteiger partial charge in [-0.25, -0.2) is 0 Å². The Bertz CT molecular complexity index is 272. The lowest BCUT2D eigenvalue weighted by molar-refractivity contribution is 0.252. The SMILES string of the molecule is CC(C#N)(CCN1CCCCCC1)NC1CC1. The molecular weight excluding hydrogens is 210 g/mol. The lowest BCUT2D eigenvalue weighted by Gasteiger charge is -2.27. The normalized spacial score (nSPS) is 25.9. The van der Waals surface area contributed by atoms with Crippen molar-refractivity contribution in [3.8, 4) is 6.07 Å². The monoisotopic (exact) mass is 235 g/mol. The fourth-order valence-corrected chi connectivity index (χ4v) is 2.58. The van der Waals surface area contributed by atoms with Crippen molar-refractivity contribution in [3.63, 3.8) is 0 Å². The summed E-state index contributed by atoms with van der Waals surface area (Å²) in [6.07, 6.45) is 8.89. The molecule has 0 aromatic heterocycles. The molecule has 2 rings (SSSR count). The van der Waals surface area contributed by atoms with E-state index in [9.17, 15) is 5.26 Å². The average molecular weight is 235 g/mol. The molecule has 2 fully saturated rings. The van der Waals surface area contributed by atoms with Gasteiger partial charge in [0.05, 0.1) is 6.07 Å². The summed E-state index contributed by atoms with van der Waals surface area (Å²) < 4.78 is 0. The second kappa shape index (κ2) is 5.84. The van der Waals surface area contributed by atoms with Crippen LogP contribution in [0.4, 0.5) is 0 Å². The van der Waals surface area contributed by atoms with E-state index in [1.807, 2.05) is 0 Å². The molecule has 1 aliphatic heterocycles. The zero-order valence-electron chi connectivity index (χ0n) is 11.0. The smallest absolute Gasteiger partial charge is 0.105 e. The molecule has 2 aliphatic rings. The molecule has 3 heteroatoms. The van der Waals surface area contributed by atoms with E-state index < -0.39 is 0 Å². The third kappa shape index (κ3) is 4.29. The minimum atomic E-state index is -0.312. The molecule has 1 heterocycles. The Hall–Kier alpha value is -0.590. The van der Waals surface area contributed by atoms with E-state index in [0.717, 1.165) is 13.0 Å². The summed E-state index contributed by atoms with van der Waals surface area (Å²) in [4.78, 5) is 2.54. The molecule has 3 nitrogen and oxygen atoms in total. The topological polar surface area (TPSA) is 39.1 Å². The summed E-state index contributed by atoms with van der Waals surface area (Å²) in [5, 5.41) is 12.8. The zero-order chi connectivity index (χ0) is 12.1. The quantitative estimate of drug-likeness (QED) is 0.794. The van der Waals surface area contributed by atoms with Gasteiger partial charge in [-0.3, -0.25) is 5.32 Å². The maximum atomic E-state index is 9.32. The number of hydrogen-bond acceptors (Lipinski definition) is 3. The molecule has 1 aliphatic carbocycles. The van der Waals surface area contributed by atoms with Crippen molar-refractivity contribution in [3.05, 3.63) is 0 Å². The van der Waals surface area contributed by atoms with Crippen LogP contribution < -0.4 is 5.32 Å². The molecule has 0 aromatic carbocycles. The number of nitrogens with one attached hydrogen (secondary N) is 1. The summed E-state index contributed by atoms with van der Waals surface area (Å²) in [6, 6.07) is 3.08. The molecule has 1 N–H and O–H groups in total. The lowest BCUT2D eigenvalue weighted by Crippen LogP contribution is -2.45. The van der Waals surface area contributed by atoms with Crippen LogP contribution in [0.2, 0.25) is 0 Å². The molecule has 1 atom stereocenters. The number of rotatable bonds is 5. The van der Waals surface area contributed by atoms with Gasteiger partial charge in [0, 0.05) is 12.6 Å². The lowest BCUT2D eigenvalue weighted by atomic mass is 9.99. The zero-order valence-corrected chi connectivity index (χ0v) is 11.0. The predicted octanol–water partition coefficient (Wildman–Crippen LogP) is 2.29. The van der Waals surface area contributed by atoms with E-state index >= 15 is 0 Å². The van der Waals surface area contributed by atoms with Crippen LogP contribution in [0.1, 0.15) is 51.9 Å². The standard InChI is InChI=1S/C14H25N3/c1-14(12-15,16-13-6-7-13)8-11-17-9-4-2-3-5-10-17/h13,16H,2-11H2,1H3. The molecule has 1 unspecified atom stereocenters. The van der Waals surface area contributed by atoms with Crippen molar-refractivity contribution >= 4 is 0 Å². The average Bonchev–Trinajstić information content (AvgIpc) is 3.13. The first kappa shape index (κ1) is 12.9. The molecule has 0 radical (unpaired) electrons. The largest absolute Gasteiger partial charge is 0.303 e. The molecule has 1 saturated heterocycles. The third-order valence-corrected chi connectivity index (χ3v) is 3.97. The van der Waals surface area contributed by atoms with Crippen LogP contribution >= 0.6 is 0 Å². The highest BCUT2D eigenvalue weighted by atomic mass is 15.1. The first-order valence-electron chi connectivity index (χ1n) is 7.13. The molecule has 0 amide bonds. The molecule has 0 bridgehead atoms. The van der Waals surface area contributed by atoms with Crippen molar-refractivity contribution < 1.29 is 0 Å². The highest BCUT2D eigenvalue weighted by Gasteiger charge is 2.32. The van der Waals surface area contributed by atoms with Crippen LogP contribution in [0.25, 0.3) is 0 Å². The Morgan fingerprint density at radius 2 is 1.88 bits per heavy atom. The highest BCUT2D eigenvalue weighted by molar-refractivity contribution is 5.07. The number of hydrogen-bond donors (Lipinski definition) is 1. The van der Waals surface area contributed by atoms with Gasteiger partial charge in [0.15, 0.2) is 0 Å². The molecule has 0 spiro atoms. The van der Waals surface area contributed by atoms with E-state index in [2.05, 4.69) is 23.2 Å². The first-order chi connectivity index (χ1) is 8.22. The Kier molecular flexibility index (Phi) is 4.42. The summed E-state index contributed by atoms with van der Waals surface area (Å²) in [6.45, 7) is 5.59. The Balaban J connectivity index is 1.75. The van der Waals surface area contributed by atoms with Gasteiger partial charge in [-0.15, -0.1) is 0 Å². The predicted molar refractivity (Wildman–Crippen MR) is 69.7 cm³/mol. The van der Waals surface area contributed by atoms with E-state index in [1.54, 1.807) is 0 Å². The van der Waals surface area contributed by atoms with Gasteiger partial charge in [-0.1, -0.05) is 12.8 Å². The summed E-state index contributed by atoms with van der Waals surface area (Å²) in [5.41, 5.74) is -0.312. The molecule has 0 aromatic rings. The van der Waals surface area contributed by atoms with Crippen LogP contribution in [-0.2, 0) is 0 Å². The van der Waals surface area contributed by atoms with Crippen LogP contribution in [0, 0.1) is 11.3 Å². The van der Waals surface area contributed by atoms with Crippen molar-refractivity contribution in [2.75, 3.05) is 19.6 Å². The second-order valence-corrected chi connectivity index (χ2v) is 5.87. The number of nitrogens with zero attached hydrogens (tertiary/aromatic N) is 2. The van der Waals surface area contributed by atoms with E-state index in [0.29, 0.717) is 6.04 Å². The van der Waals surface area contributed by atoms with Crippen LogP contribution in [-0.4, -0.2) is 36.1 Å². The van der Waals surface area contributed by atoms with E-state index in [1.165, 1.54) is 51.6 Å². The number of likely N-dealkylation sites (tertiary alicyclic amines) is 1. The van der Waals surface area contributed by atoms with Crippen molar-refractivity contribution in [2.45, 2.75) is 63.5 Å². The van der Waals surface area contributed by atoms with Crippen molar-refractivity contribution in [1.29, 1.82) is 5.26 Å². The fraction of sp³-hybridized carbons (Fsp3) is 0.929. The summed E-state index contributed by atoms with van der Waals surface area (Å²) >= 11 is 0. The van der Waals surface area contributed by atoms with Gasteiger partial charge in [0.1, 0.15) is 5.54 Å². The highest BCUT2D eigenvalue weighted by Crippen LogP contribution is 2.24. The van der Waals surface area contributed by atoms with Gasteiger partial charge in [-0.2, -0.15) is 5.26 Å². The molecule has 1 saturated carbocycles. The molecule has 17 heavy (non-hydrogen) atoms. The Morgan fingerprint density at radius 1 is 1.24 bits per heavy atom. The second-order valence-electron chi connectivity index (χ2n) is 5.87. The van der Waals surface area contributed by atoms with Gasteiger partial charge >= 0.3 is 0 Å². The Labute approximate surface area is 105 Å². The summed E-state index contributed by atoms with van der Waals surface area (Å²) in [5.74, 6) is 0. The maximum Gasteiger partial charge on any atom is 0.105 e. The van der Waals surface area contributed by atoms with Crippen LogP contribution in [0.3, 0.4) is 0 Å². The Morgan fingerprint density at radius 3 is 2.41 bits per heavy atom. The molecule has 96 valence electrons. The summed E-state index contributed by atoms with van der Waals surface area (Å²) in [7, 11) is 0. The fourth-order valence-electron chi connectivity index (χ4n) is 2.58. The van der Waals surface area contributed by atoms with Crippen molar-refractivity contribution in [1.82, 2.24) is 10.2 Å². The van der Waals surface area contributed by atoms with E-state index in [-0.39, 0.29) is 5.54 Å². The van der Waals surface area contributed by atoms with Gasteiger partial charge < -0.3 is 4.90 Å². The first-order valence-corrected chi connectivity index (χ1v) is 7.13. The van der Waals surface area contributed by atoms with Gasteiger partial charge in [0.25, 0.3) is 0 Å². The minimum Gasteiger partial charge on any atom is -0.303 e.